The summed E-state index contributed by atoms with van der Waals surface area (Å²) in [4.78, 5) is 30.8. The third-order valence-electron chi connectivity index (χ3n) is 11.3. The number of nitrogens with one attached hydrogen (secondary N) is 1. The molecule has 13 heteroatoms. The number of amides is 1. The number of hydrogen-bond acceptors (Lipinski definition) is 8. The second-order valence-electron chi connectivity index (χ2n) is 14.3. The Hall–Kier alpha value is -4.39. The zero-order valence-corrected chi connectivity index (χ0v) is 27.1. The van der Waals surface area contributed by atoms with Gasteiger partial charge in [-0.05, 0) is 62.4 Å². The summed E-state index contributed by atoms with van der Waals surface area (Å²) < 4.78 is 47.5. The summed E-state index contributed by atoms with van der Waals surface area (Å²) in [6.45, 7) is 13.2. The quantitative estimate of drug-likeness (QED) is 0.218. The van der Waals surface area contributed by atoms with Crippen molar-refractivity contribution in [2.24, 2.45) is 5.41 Å². The molecule has 0 unspecified atom stereocenters. The molecule has 10 nitrogen and oxygen atoms in total. The lowest BCUT2D eigenvalue weighted by atomic mass is 9.72. The summed E-state index contributed by atoms with van der Waals surface area (Å²) in [6.07, 6.45) is -1.56. The van der Waals surface area contributed by atoms with Crippen molar-refractivity contribution >= 4 is 67.7 Å². The second kappa shape index (κ2) is 10.3. The van der Waals surface area contributed by atoms with Crippen LogP contribution in [0.5, 0.6) is 5.75 Å². The molecule has 4 fully saturated rings. The lowest BCUT2D eigenvalue weighted by Crippen LogP contribution is -2.63. The number of alkyl halides is 3. The minimum atomic E-state index is -4.55. The molecule has 0 saturated carbocycles. The summed E-state index contributed by atoms with van der Waals surface area (Å²) in [6, 6.07) is 6.27. The minimum absolute atomic E-state index is 0.0940. The summed E-state index contributed by atoms with van der Waals surface area (Å²) in [5.74, 6) is 1.39. The molecule has 4 aliphatic rings. The van der Waals surface area contributed by atoms with E-state index in [4.69, 9.17) is 14.7 Å². The number of ether oxygens (including phenoxy) is 1. The zero-order valence-electron chi connectivity index (χ0n) is 27.1. The van der Waals surface area contributed by atoms with E-state index in [-0.39, 0.29) is 17.1 Å². The Labute approximate surface area is 274 Å². The van der Waals surface area contributed by atoms with E-state index in [0.717, 1.165) is 74.0 Å². The van der Waals surface area contributed by atoms with Crippen molar-refractivity contribution in [3.63, 3.8) is 0 Å². The maximum absolute atomic E-state index is 13.9. The fraction of sp³-hybridized carbons (Fsp3) is 0.486. The van der Waals surface area contributed by atoms with Gasteiger partial charge in [-0.2, -0.15) is 23.3 Å². The Bertz CT molecular complexity index is 2170. The molecule has 1 amide bonds. The van der Waals surface area contributed by atoms with E-state index >= 15 is 0 Å². The van der Waals surface area contributed by atoms with Crippen LogP contribution in [-0.4, -0.2) is 107 Å². The van der Waals surface area contributed by atoms with Crippen molar-refractivity contribution in [1.82, 2.24) is 30.0 Å². The van der Waals surface area contributed by atoms with E-state index in [2.05, 4.69) is 31.5 Å². The van der Waals surface area contributed by atoms with Gasteiger partial charge in [0.05, 0.1) is 5.52 Å². The molecule has 48 heavy (non-hydrogen) atoms. The maximum Gasteiger partial charge on any atom is 0.422 e. The Kier molecular flexibility index (Phi) is 6.38. The average Bonchev–Trinajstić information content (AvgIpc) is 3.42. The molecular formula is C35H37F3N8O2. The predicted molar refractivity (Wildman–Crippen MR) is 180 cm³/mol. The number of anilines is 2. The molecule has 5 aromatic rings. The standard InChI is InChI=1S/C35H37F3N8O2/c1-19-5-6-25-28-26(19)27-23(20(2)29(28)42-41-25)13-24-30(31(27)48-18-35(36,37)38)39-33(45-14-22(15-45)43-9-4-10-43)40-32(24)44-11-7-34(8-12-44)16-46(17-34)21(3)47/h5-6,13,22H,2,4,7-12,14-18H2,1,3H3,(H,41,42). The molecule has 4 saturated heterocycles. The molecule has 1 spiro atoms. The number of rotatable bonds is 5. The fourth-order valence-electron chi connectivity index (χ4n) is 8.31. The number of H-pyrrole nitrogens is 1. The van der Waals surface area contributed by atoms with Crippen molar-refractivity contribution < 1.29 is 22.7 Å². The molecule has 1 N–H and O–H groups in total. The van der Waals surface area contributed by atoms with Crippen LogP contribution in [-0.2, 0) is 4.79 Å². The van der Waals surface area contributed by atoms with E-state index in [9.17, 15) is 18.0 Å². The zero-order chi connectivity index (χ0) is 33.1. The predicted octanol–water partition coefficient (Wildman–Crippen LogP) is 4.53. The summed E-state index contributed by atoms with van der Waals surface area (Å²) >= 11 is 0. The topological polar surface area (TPSA) is 93.7 Å². The lowest BCUT2D eigenvalue weighted by molar-refractivity contribution is -0.153. The number of aromatic nitrogens is 4. The van der Waals surface area contributed by atoms with Gasteiger partial charge in [-0.1, -0.05) is 12.6 Å². The highest BCUT2D eigenvalue weighted by atomic mass is 19.4. The molecule has 0 aliphatic carbocycles. The molecule has 4 aliphatic heterocycles. The van der Waals surface area contributed by atoms with E-state index in [1.807, 2.05) is 30.0 Å². The average molecular weight is 659 g/mol. The van der Waals surface area contributed by atoms with Gasteiger partial charge in [0.2, 0.25) is 11.9 Å². The smallest absolute Gasteiger partial charge is 0.422 e. The van der Waals surface area contributed by atoms with Crippen LogP contribution in [0.2, 0.25) is 0 Å². The molecule has 250 valence electrons. The van der Waals surface area contributed by atoms with Crippen molar-refractivity contribution in [2.45, 2.75) is 45.3 Å². The van der Waals surface area contributed by atoms with Crippen LogP contribution in [0.4, 0.5) is 24.9 Å². The first-order chi connectivity index (χ1) is 23.0. The number of hydrogen-bond donors (Lipinski definition) is 1. The number of carbonyl (C=O) groups is 1. The maximum atomic E-state index is 13.9. The Balaban J connectivity index is 1.25. The van der Waals surface area contributed by atoms with E-state index in [1.54, 1.807) is 6.92 Å². The number of carbonyl (C=O) groups excluding carboxylic acids is 1. The molecule has 0 radical (unpaired) electrons. The van der Waals surface area contributed by atoms with E-state index in [0.29, 0.717) is 63.3 Å². The SMILES string of the molecule is C=c1c2cc3c(N4CCC5(CC4)CN(C(C)=O)C5)nc(N4CC(N5CCC5)C4)nc3c(OCC(F)(F)F)c2c2c(C)ccc3[nH]nc1c32. The number of benzene rings is 3. The van der Waals surface area contributed by atoms with Gasteiger partial charge < -0.3 is 19.4 Å². The number of nitrogens with zero attached hydrogens (tertiary/aromatic N) is 7. The minimum Gasteiger partial charge on any atom is -0.481 e. The van der Waals surface area contributed by atoms with Crippen molar-refractivity contribution in [1.29, 1.82) is 0 Å². The van der Waals surface area contributed by atoms with Crippen molar-refractivity contribution in [3.8, 4) is 5.75 Å². The normalized spacial score (nSPS) is 20.2. The number of piperidine rings is 1. The second-order valence-corrected chi connectivity index (χ2v) is 14.3. The summed E-state index contributed by atoms with van der Waals surface area (Å²) in [5.41, 5.74) is 2.81. The van der Waals surface area contributed by atoms with Crippen LogP contribution in [0.1, 0.15) is 31.7 Å². The number of halogens is 3. The Morgan fingerprint density at radius 1 is 1.02 bits per heavy atom. The highest BCUT2D eigenvalue weighted by Gasteiger charge is 2.46. The molecular weight excluding hydrogens is 621 g/mol. The Morgan fingerprint density at radius 3 is 2.44 bits per heavy atom. The van der Waals surface area contributed by atoms with Crippen molar-refractivity contribution in [3.05, 3.63) is 29.0 Å². The van der Waals surface area contributed by atoms with Gasteiger partial charge in [0, 0.05) is 84.4 Å². The van der Waals surface area contributed by atoms with Gasteiger partial charge in [0.15, 0.2) is 12.4 Å². The van der Waals surface area contributed by atoms with Gasteiger partial charge in [-0.3, -0.25) is 14.8 Å². The number of fused-ring (bicyclic) bond motifs is 3. The third-order valence-corrected chi connectivity index (χ3v) is 11.3. The fourth-order valence-corrected chi connectivity index (χ4v) is 8.31. The van der Waals surface area contributed by atoms with Gasteiger partial charge in [0.25, 0.3) is 0 Å². The van der Waals surface area contributed by atoms with E-state index < -0.39 is 12.8 Å². The summed E-state index contributed by atoms with van der Waals surface area (Å²) in [5, 5.41) is 11.7. The summed E-state index contributed by atoms with van der Waals surface area (Å²) in [7, 11) is 0. The first kappa shape index (κ1) is 29.7. The van der Waals surface area contributed by atoms with Crippen LogP contribution in [0.3, 0.4) is 0 Å². The number of aryl methyl sites for hydroxylation is 1. The molecule has 6 heterocycles. The monoisotopic (exact) mass is 658 g/mol. The molecule has 0 bridgehead atoms. The first-order valence-electron chi connectivity index (χ1n) is 16.7. The van der Waals surface area contributed by atoms with Crippen LogP contribution in [0.25, 0.3) is 50.1 Å². The number of likely N-dealkylation sites (tertiary alicyclic amines) is 2. The highest BCUT2D eigenvalue weighted by Crippen LogP contribution is 2.46. The van der Waals surface area contributed by atoms with E-state index in [1.165, 1.54) is 6.42 Å². The third kappa shape index (κ3) is 4.49. The van der Waals surface area contributed by atoms with Gasteiger partial charge in [-0.25, -0.2) is 4.98 Å². The molecule has 9 rings (SSSR count). The van der Waals surface area contributed by atoms with Crippen LogP contribution in [0.15, 0.2) is 18.2 Å². The van der Waals surface area contributed by atoms with Gasteiger partial charge in [0.1, 0.15) is 16.9 Å². The van der Waals surface area contributed by atoms with Crippen LogP contribution in [0, 0.1) is 12.3 Å². The molecule has 2 aromatic heterocycles. The Morgan fingerprint density at radius 2 is 1.77 bits per heavy atom. The number of aromatic amines is 1. The van der Waals surface area contributed by atoms with Crippen molar-refractivity contribution in [2.75, 3.05) is 68.8 Å². The first-order valence-corrected chi connectivity index (χ1v) is 16.7. The lowest BCUT2D eigenvalue weighted by Gasteiger charge is -2.54. The largest absolute Gasteiger partial charge is 0.481 e. The van der Waals surface area contributed by atoms with Gasteiger partial charge >= 0.3 is 6.18 Å². The highest BCUT2D eigenvalue weighted by molar-refractivity contribution is 6.26. The van der Waals surface area contributed by atoms with Crippen LogP contribution >= 0.6 is 0 Å². The van der Waals surface area contributed by atoms with Gasteiger partial charge in [-0.15, -0.1) is 0 Å². The molecule has 0 atom stereocenters. The molecule has 3 aromatic carbocycles. The van der Waals surface area contributed by atoms with Crippen LogP contribution < -0.4 is 19.8 Å².